The average Bonchev–Trinajstić information content (AvgIpc) is 2.36. The Balaban J connectivity index is 2.55. The molecule has 0 saturated heterocycles. The molecule has 0 bridgehead atoms. The largest absolute Gasteiger partial charge is 0.573 e. The normalized spacial score (nSPS) is 13.0. The van der Waals surface area contributed by atoms with E-state index in [1.807, 2.05) is 0 Å². The van der Waals surface area contributed by atoms with E-state index in [4.69, 9.17) is 5.73 Å². The lowest BCUT2D eigenvalue weighted by Crippen LogP contribution is -2.44. The third kappa shape index (κ3) is 7.18. The molecule has 5 nitrogen and oxygen atoms in total. The summed E-state index contributed by atoms with van der Waals surface area (Å²) in [5, 5.41) is 4.55. The molecular weight excluding hydrogens is 313 g/mol. The Morgan fingerprint density at radius 1 is 1.27 bits per heavy atom. The van der Waals surface area contributed by atoms with Crippen LogP contribution in [0.1, 0.15) is 0 Å². The van der Waals surface area contributed by atoms with Crippen LogP contribution in [0, 0.1) is 0 Å². The van der Waals surface area contributed by atoms with Gasteiger partial charge in [0.2, 0.25) is 5.91 Å². The topological polar surface area (TPSA) is 76.4 Å². The second-order valence-corrected chi connectivity index (χ2v) is 4.22. The molecule has 0 unspecified atom stereocenters. The van der Waals surface area contributed by atoms with Crippen LogP contribution in [0.25, 0.3) is 0 Å². The fourth-order valence-corrected chi connectivity index (χ4v) is 1.45. The van der Waals surface area contributed by atoms with Crippen molar-refractivity contribution in [2.45, 2.75) is 18.8 Å². The standard InChI is InChI=1S/C12H14F5N3O2/c13-10(14)6-19-5-9(18)11(21)20-7-2-1-3-8(4-7)22-12(15,16)17/h1-4,9-10,19H,5-6,18H2,(H,20,21)/t9-/m1/s1. The van der Waals surface area contributed by atoms with Crippen LogP contribution in [0.4, 0.5) is 27.6 Å². The zero-order chi connectivity index (χ0) is 16.8. The average molecular weight is 327 g/mol. The number of nitrogens with one attached hydrogen (secondary N) is 2. The first-order chi connectivity index (χ1) is 10.2. The summed E-state index contributed by atoms with van der Waals surface area (Å²) in [5.41, 5.74) is 5.50. The molecule has 1 amide bonds. The number of halogens is 5. The lowest BCUT2D eigenvalue weighted by molar-refractivity contribution is -0.274. The summed E-state index contributed by atoms with van der Waals surface area (Å²) in [5.74, 6) is -1.24. The number of alkyl halides is 5. The predicted octanol–water partition coefficient (Wildman–Crippen LogP) is 1.71. The van der Waals surface area contributed by atoms with Crippen molar-refractivity contribution < 1.29 is 31.5 Å². The minimum absolute atomic E-state index is 0.0380. The van der Waals surface area contributed by atoms with Crippen LogP contribution < -0.4 is 21.1 Å². The maximum Gasteiger partial charge on any atom is 0.573 e. The van der Waals surface area contributed by atoms with Gasteiger partial charge in [0.1, 0.15) is 5.75 Å². The lowest BCUT2D eigenvalue weighted by Gasteiger charge is -2.14. The monoisotopic (exact) mass is 327 g/mol. The maximum absolute atomic E-state index is 12.1. The van der Waals surface area contributed by atoms with Crippen LogP contribution in [-0.2, 0) is 4.79 Å². The van der Waals surface area contributed by atoms with Gasteiger partial charge in [-0.05, 0) is 12.1 Å². The van der Waals surface area contributed by atoms with Crippen molar-refractivity contribution in [3.05, 3.63) is 24.3 Å². The van der Waals surface area contributed by atoms with Crippen LogP contribution >= 0.6 is 0 Å². The van der Waals surface area contributed by atoms with Crippen molar-refractivity contribution in [2.75, 3.05) is 18.4 Å². The van der Waals surface area contributed by atoms with Crippen LogP contribution in [0.3, 0.4) is 0 Å². The SMILES string of the molecule is N[C@H](CNCC(F)F)C(=O)Nc1cccc(OC(F)(F)F)c1. The van der Waals surface area contributed by atoms with Gasteiger partial charge < -0.3 is 21.1 Å². The highest BCUT2D eigenvalue weighted by Crippen LogP contribution is 2.24. The molecule has 22 heavy (non-hydrogen) atoms. The van der Waals surface area contributed by atoms with Gasteiger partial charge in [-0.2, -0.15) is 0 Å². The number of anilines is 1. The molecule has 1 atom stereocenters. The van der Waals surface area contributed by atoms with Gasteiger partial charge in [0, 0.05) is 18.3 Å². The summed E-state index contributed by atoms with van der Waals surface area (Å²) >= 11 is 0. The lowest BCUT2D eigenvalue weighted by atomic mass is 10.2. The molecule has 1 aromatic rings. The Bertz CT molecular complexity index is 496. The van der Waals surface area contributed by atoms with Crippen LogP contribution in [0.15, 0.2) is 24.3 Å². The highest BCUT2D eigenvalue weighted by atomic mass is 19.4. The molecule has 0 spiro atoms. The first-order valence-electron chi connectivity index (χ1n) is 6.08. The highest BCUT2D eigenvalue weighted by molar-refractivity contribution is 5.95. The number of amides is 1. The minimum atomic E-state index is -4.85. The summed E-state index contributed by atoms with van der Waals surface area (Å²) < 4.78 is 63.7. The van der Waals surface area contributed by atoms with Crippen molar-refractivity contribution in [3.8, 4) is 5.75 Å². The van der Waals surface area contributed by atoms with E-state index in [0.717, 1.165) is 12.1 Å². The smallest absolute Gasteiger partial charge is 0.406 e. The van der Waals surface area contributed by atoms with E-state index in [9.17, 15) is 26.7 Å². The second kappa shape index (κ2) is 7.90. The van der Waals surface area contributed by atoms with Gasteiger partial charge >= 0.3 is 6.36 Å². The molecule has 1 aromatic carbocycles. The Kier molecular flexibility index (Phi) is 6.50. The molecule has 0 heterocycles. The molecule has 0 radical (unpaired) electrons. The van der Waals surface area contributed by atoms with Crippen LogP contribution in [-0.4, -0.2) is 37.8 Å². The summed E-state index contributed by atoms with van der Waals surface area (Å²) in [4.78, 5) is 11.7. The van der Waals surface area contributed by atoms with E-state index < -0.39 is 37.0 Å². The zero-order valence-electron chi connectivity index (χ0n) is 11.2. The molecule has 0 aliphatic rings. The van der Waals surface area contributed by atoms with E-state index in [1.165, 1.54) is 12.1 Å². The van der Waals surface area contributed by atoms with Gasteiger partial charge in [-0.3, -0.25) is 4.79 Å². The van der Waals surface area contributed by atoms with Gasteiger partial charge in [-0.1, -0.05) is 6.07 Å². The van der Waals surface area contributed by atoms with Crippen molar-refractivity contribution >= 4 is 11.6 Å². The maximum atomic E-state index is 12.1. The molecule has 0 saturated carbocycles. The molecule has 0 aromatic heterocycles. The van der Waals surface area contributed by atoms with E-state index >= 15 is 0 Å². The number of carbonyl (C=O) groups is 1. The van der Waals surface area contributed by atoms with Crippen molar-refractivity contribution in [2.24, 2.45) is 5.73 Å². The number of rotatable bonds is 7. The quantitative estimate of drug-likeness (QED) is 0.667. The number of hydrogen-bond acceptors (Lipinski definition) is 4. The molecule has 124 valence electrons. The van der Waals surface area contributed by atoms with Gasteiger partial charge in [0.05, 0.1) is 12.6 Å². The number of nitrogens with two attached hydrogens (primary N) is 1. The summed E-state index contributed by atoms with van der Waals surface area (Å²) in [6.45, 7) is -0.815. The predicted molar refractivity (Wildman–Crippen MR) is 68.6 cm³/mol. The summed E-state index contributed by atoms with van der Waals surface area (Å²) in [7, 11) is 0. The third-order valence-electron chi connectivity index (χ3n) is 2.33. The van der Waals surface area contributed by atoms with Crippen molar-refractivity contribution in [1.29, 1.82) is 0 Å². The highest BCUT2D eigenvalue weighted by Gasteiger charge is 2.31. The van der Waals surface area contributed by atoms with E-state index in [1.54, 1.807) is 0 Å². The molecule has 0 aliphatic carbocycles. The molecule has 4 N–H and O–H groups in total. The summed E-state index contributed by atoms with van der Waals surface area (Å²) in [6, 6.07) is 3.47. The Morgan fingerprint density at radius 2 is 1.95 bits per heavy atom. The molecular formula is C12H14F5N3O2. The van der Waals surface area contributed by atoms with E-state index in [2.05, 4.69) is 15.4 Å². The first-order valence-corrected chi connectivity index (χ1v) is 6.08. The van der Waals surface area contributed by atoms with Crippen LogP contribution in [0.2, 0.25) is 0 Å². The first kappa shape index (κ1) is 18.1. The van der Waals surface area contributed by atoms with Gasteiger partial charge in [0.15, 0.2) is 0 Å². The molecule has 1 rings (SSSR count). The Hall–Kier alpha value is -1.94. The Morgan fingerprint density at radius 3 is 2.55 bits per heavy atom. The minimum Gasteiger partial charge on any atom is -0.406 e. The summed E-state index contributed by atoms with van der Waals surface area (Å²) in [6.07, 6.45) is -7.43. The van der Waals surface area contributed by atoms with Gasteiger partial charge in [-0.15, -0.1) is 13.2 Å². The van der Waals surface area contributed by atoms with Crippen molar-refractivity contribution in [1.82, 2.24) is 5.32 Å². The second-order valence-electron chi connectivity index (χ2n) is 4.22. The number of hydrogen-bond donors (Lipinski definition) is 3. The molecule has 10 heteroatoms. The van der Waals surface area contributed by atoms with Gasteiger partial charge in [0.25, 0.3) is 6.43 Å². The number of benzene rings is 1. The van der Waals surface area contributed by atoms with Crippen LogP contribution in [0.5, 0.6) is 5.75 Å². The third-order valence-corrected chi connectivity index (χ3v) is 2.33. The number of carbonyl (C=O) groups excluding carboxylic acids is 1. The Labute approximate surface area is 122 Å². The van der Waals surface area contributed by atoms with E-state index in [0.29, 0.717) is 0 Å². The van der Waals surface area contributed by atoms with E-state index in [-0.39, 0.29) is 12.2 Å². The fraction of sp³-hybridized carbons (Fsp3) is 0.417. The van der Waals surface area contributed by atoms with Crippen molar-refractivity contribution in [3.63, 3.8) is 0 Å². The molecule has 0 fully saturated rings. The zero-order valence-corrected chi connectivity index (χ0v) is 11.2. The fourth-order valence-electron chi connectivity index (χ4n) is 1.45. The molecule has 0 aliphatic heterocycles. The van der Waals surface area contributed by atoms with Gasteiger partial charge in [-0.25, -0.2) is 8.78 Å². The number of ether oxygens (including phenoxy) is 1.